The molecule has 0 bridgehead atoms. The van der Waals surface area contributed by atoms with E-state index in [1.165, 1.54) is 34.7 Å². The van der Waals surface area contributed by atoms with E-state index in [1.54, 1.807) is 12.1 Å². The number of halogens is 1. The molecular weight excluding hydrogens is 329 g/mol. The number of carbonyl (C=O) groups excluding carboxylic acids is 1. The van der Waals surface area contributed by atoms with Gasteiger partial charge < -0.3 is 5.32 Å². The second-order valence-electron chi connectivity index (χ2n) is 6.01. The Morgan fingerprint density at radius 1 is 1.33 bits per heavy atom. The Labute approximate surface area is 143 Å². The highest BCUT2D eigenvalue weighted by Gasteiger charge is 2.24. The third-order valence-corrected chi connectivity index (χ3v) is 4.95. The molecule has 0 saturated heterocycles. The van der Waals surface area contributed by atoms with Crippen LogP contribution >= 0.6 is 11.8 Å². The van der Waals surface area contributed by atoms with Gasteiger partial charge >= 0.3 is 0 Å². The zero-order valence-corrected chi connectivity index (χ0v) is 14.3. The molecule has 0 radical (unpaired) electrons. The highest BCUT2D eigenvalue weighted by atomic mass is 32.2. The number of hydrogen-bond acceptors (Lipinski definition) is 4. The summed E-state index contributed by atoms with van der Waals surface area (Å²) in [7, 11) is 0. The van der Waals surface area contributed by atoms with E-state index in [1.807, 2.05) is 13.8 Å². The van der Waals surface area contributed by atoms with Crippen molar-refractivity contribution in [3.05, 3.63) is 57.8 Å². The molecule has 3 rings (SSSR count). The fourth-order valence-electron chi connectivity index (χ4n) is 2.70. The summed E-state index contributed by atoms with van der Waals surface area (Å²) in [5.74, 6) is 0.0892. The topological polar surface area (TPSA) is 64.0 Å². The molecule has 1 aromatic carbocycles. The van der Waals surface area contributed by atoms with Crippen LogP contribution in [0.1, 0.15) is 35.8 Å². The van der Waals surface area contributed by atoms with E-state index in [4.69, 9.17) is 0 Å². The van der Waals surface area contributed by atoms with Gasteiger partial charge in [-0.25, -0.2) is 9.37 Å². The van der Waals surface area contributed by atoms with Crippen molar-refractivity contribution in [2.45, 2.75) is 31.6 Å². The average Bonchev–Trinajstić information content (AvgIpc) is 3.03. The van der Waals surface area contributed by atoms with Gasteiger partial charge in [0.2, 0.25) is 0 Å². The van der Waals surface area contributed by atoms with Gasteiger partial charge in [-0.3, -0.25) is 14.2 Å². The van der Waals surface area contributed by atoms with Crippen molar-refractivity contribution >= 4 is 17.7 Å². The van der Waals surface area contributed by atoms with Gasteiger partial charge in [-0.15, -0.1) is 0 Å². The van der Waals surface area contributed by atoms with Crippen LogP contribution in [-0.4, -0.2) is 21.2 Å². The summed E-state index contributed by atoms with van der Waals surface area (Å²) in [4.78, 5) is 29.2. The van der Waals surface area contributed by atoms with Crippen LogP contribution in [0, 0.1) is 11.7 Å². The summed E-state index contributed by atoms with van der Waals surface area (Å²) in [6, 6.07) is 5.69. The molecule has 2 aromatic rings. The number of thioether (sulfide) groups is 1. The Hall–Kier alpha value is -2.15. The van der Waals surface area contributed by atoms with Crippen molar-refractivity contribution in [2.24, 2.45) is 5.92 Å². The third-order valence-electron chi connectivity index (χ3n) is 3.98. The number of nitrogens with one attached hydrogen (secondary N) is 1. The van der Waals surface area contributed by atoms with Crippen molar-refractivity contribution in [3.63, 3.8) is 0 Å². The number of aromatic nitrogens is 2. The van der Waals surface area contributed by atoms with E-state index in [9.17, 15) is 14.0 Å². The lowest BCUT2D eigenvalue weighted by Crippen LogP contribution is -2.37. The minimum atomic E-state index is -0.456. The lowest BCUT2D eigenvalue weighted by atomic mass is 9.95. The smallest absolute Gasteiger partial charge is 0.267 e. The molecule has 0 saturated carbocycles. The van der Waals surface area contributed by atoms with Gasteiger partial charge in [-0.1, -0.05) is 37.7 Å². The highest BCUT2D eigenvalue weighted by molar-refractivity contribution is 7.99. The maximum atomic E-state index is 13.1. The number of amides is 1. The molecule has 126 valence electrons. The average molecular weight is 347 g/mol. The molecule has 0 spiro atoms. The minimum Gasteiger partial charge on any atom is -0.345 e. The van der Waals surface area contributed by atoms with Gasteiger partial charge in [-0.05, 0) is 23.6 Å². The molecule has 7 heteroatoms. The Morgan fingerprint density at radius 2 is 2.04 bits per heavy atom. The zero-order chi connectivity index (χ0) is 17.3. The van der Waals surface area contributed by atoms with Crippen LogP contribution in [-0.2, 0) is 6.54 Å². The summed E-state index contributed by atoms with van der Waals surface area (Å²) in [6.07, 6.45) is 1.34. The highest BCUT2D eigenvalue weighted by Crippen LogP contribution is 2.23. The maximum absolute atomic E-state index is 13.1. The first-order chi connectivity index (χ1) is 11.5. The van der Waals surface area contributed by atoms with E-state index in [0.29, 0.717) is 11.7 Å². The second-order valence-corrected chi connectivity index (χ2v) is 7.07. The molecule has 2 heterocycles. The molecule has 1 N–H and O–H groups in total. The van der Waals surface area contributed by atoms with Crippen LogP contribution in [0.5, 0.6) is 0 Å². The molecule has 1 amide bonds. The SMILES string of the molecule is CC(C)[C@H](NC(=O)c1cnc2n(c1=O)CCS2)c1ccc(F)cc1. The number of nitrogens with zero attached hydrogens (tertiary/aromatic N) is 2. The third kappa shape index (κ3) is 3.21. The van der Waals surface area contributed by atoms with Crippen molar-refractivity contribution in [1.82, 2.24) is 14.9 Å². The second kappa shape index (κ2) is 6.76. The zero-order valence-electron chi connectivity index (χ0n) is 13.5. The minimum absolute atomic E-state index is 0.0361. The Morgan fingerprint density at radius 3 is 2.71 bits per heavy atom. The van der Waals surface area contributed by atoms with E-state index >= 15 is 0 Å². The number of benzene rings is 1. The van der Waals surface area contributed by atoms with E-state index in [0.717, 1.165) is 11.3 Å². The summed E-state index contributed by atoms with van der Waals surface area (Å²) < 4.78 is 14.6. The van der Waals surface area contributed by atoms with Gasteiger partial charge in [0.1, 0.15) is 11.4 Å². The normalized spacial score (nSPS) is 14.5. The largest absolute Gasteiger partial charge is 0.345 e. The number of hydrogen-bond donors (Lipinski definition) is 1. The fraction of sp³-hybridized carbons (Fsp3) is 0.353. The van der Waals surface area contributed by atoms with E-state index in [-0.39, 0.29) is 28.9 Å². The number of rotatable bonds is 4. The predicted molar refractivity (Wildman–Crippen MR) is 90.7 cm³/mol. The molecule has 1 aromatic heterocycles. The van der Waals surface area contributed by atoms with Crippen LogP contribution in [0.15, 0.2) is 40.4 Å². The Bertz CT molecular complexity index is 818. The number of fused-ring (bicyclic) bond motifs is 1. The summed E-state index contributed by atoms with van der Waals surface area (Å²) in [5, 5.41) is 3.53. The van der Waals surface area contributed by atoms with Crippen LogP contribution in [0.2, 0.25) is 0 Å². The summed E-state index contributed by atoms with van der Waals surface area (Å²) >= 11 is 1.50. The molecule has 1 aliphatic heterocycles. The first-order valence-corrected chi connectivity index (χ1v) is 8.75. The van der Waals surface area contributed by atoms with Gasteiger partial charge in [0, 0.05) is 18.5 Å². The quantitative estimate of drug-likeness (QED) is 0.864. The standard InChI is InChI=1S/C17H18FN3O2S/c1-10(2)14(11-3-5-12(18)6-4-11)20-15(22)13-9-19-17-21(16(13)23)7-8-24-17/h3-6,9-10,14H,7-8H2,1-2H3,(H,20,22)/t14-/m0/s1. The van der Waals surface area contributed by atoms with Gasteiger partial charge in [0.05, 0.1) is 6.04 Å². The van der Waals surface area contributed by atoms with Crippen LogP contribution in [0.4, 0.5) is 4.39 Å². The van der Waals surface area contributed by atoms with E-state index < -0.39 is 5.91 Å². The maximum Gasteiger partial charge on any atom is 0.267 e. The van der Waals surface area contributed by atoms with Crippen LogP contribution < -0.4 is 10.9 Å². The Kier molecular flexibility index (Phi) is 4.71. The number of carbonyl (C=O) groups is 1. The molecule has 0 aliphatic carbocycles. The van der Waals surface area contributed by atoms with Crippen molar-refractivity contribution in [3.8, 4) is 0 Å². The fourth-order valence-corrected chi connectivity index (χ4v) is 3.61. The van der Waals surface area contributed by atoms with Crippen molar-refractivity contribution < 1.29 is 9.18 Å². The molecule has 0 fully saturated rings. The summed E-state index contributed by atoms with van der Waals surface area (Å²) in [6.45, 7) is 4.48. The first kappa shape index (κ1) is 16.7. The molecular formula is C17H18FN3O2S. The molecule has 1 aliphatic rings. The van der Waals surface area contributed by atoms with Gasteiger partial charge in [-0.2, -0.15) is 0 Å². The van der Waals surface area contributed by atoms with Gasteiger partial charge in [0.15, 0.2) is 5.16 Å². The monoisotopic (exact) mass is 347 g/mol. The summed E-state index contributed by atoms with van der Waals surface area (Å²) in [5.41, 5.74) is 0.516. The van der Waals surface area contributed by atoms with Gasteiger partial charge in [0.25, 0.3) is 11.5 Å². The van der Waals surface area contributed by atoms with Crippen LogP contribution in [0.25, 0.3) is 0 Å². The van der Waals surface area contributed by atoms with E-state index in [2.05, 4.69) is 10.3 Å². The molecule has 5 nitrogen and oxygen atoms in total. The predicted octanol–water partition coefficient (Wildman–Crippen LogP) is 2.62. The lowest BCUT2D eigenvalue weighted by Gasteiger charge is -2.23. The van der Waals surface area contributed by atoms with Crippen molar-refractivity contribution in [2.75, 3.05) is 5.75 Å². The Balaban J connectivity index is 1.87. The first-order valence-electron chi connectivity index (χ1n) is 7.76. The molecule has 0 unspecified atom stereocenters. The molecule has 1 atom stereocenters. The van der Waals surface area contributed by atoms with Crippen LogP contribution in [0.3, 0.4) is 0 Å². The van der Waals surface area contributed by atoms with Crippen molar-refractivity contribution in [1.29, 1.82) is 0 Å². The molecule has 24 heavy (non-hydrogen) atoms. The lowest BCUT2D eigenvalue weighted by molar-refractivity contribution is 0.0922.